The number of carbonyl (C=O) groups is 1. The molecule has 0 N–H and O–H groups in total. The molecule has 0 saturated carbocycles. The predicted octanol–water partition coefficient (Wildman–Crippen LogP) is 4.61. The largest absolute Gasteiger partial charge is 0.423 e. The van der Waals surface area contributed by atoms with Crippen molar-refractivity contribution < 1.29 is 14.5 Å². The zero-order chi connectivity index (χ0) is 21.0. The zero-order valence-corrected chi connectivity index (χ0v) is 17.0. The molecule has 8 nitrogen and oxygen atoms in total. The Labute approximate surface area is 172 Å². The van der Waals surface area contributed by atoms with Gasteiger partial charge in [0.1, 0.15) is 12.1 Å². The van der Waals surface area contributed by atoms with Gasteiger partial charge in [-0.2, -0.15) is 0 Å². The molecule has 150 valence electrons. The number of aryl methyl sites for hydroxylation is 1. The Morgan fingerprint density at radius 3 is 2.59 bits per heavy atom. The number of benzene rings is 2. The summed E-state index contributed by atoms with van der Waals surface area (Å²) in [6, 6.07) is 11.5. The van der Waals surface area contributed by atoms with Crippen molar-refractivity contribution in [2.75, 3.05) is 0 Å². The molecule has 0 radical (unpaired) electrons. The van der Waals surface area contributed by atoms with Crippen LogP contribution in [-0.2, 0) is 7.05 Å². The smallest absolute Gasteiger partial charge is 0.343 e. The van der Waals surface area contributed by atoms with Crippen LogP contribution in [0.15, 0.2) is 58.8 Å². The van der Waals surface area contributed by atoms with Gasteiger partial charge in [0.25, 0.3) is 5.69 Å². The minimum Gasteiger partial charge on any atom is -0.423 e. The first-order valence-electron chi connectivity index (χ1n) is 9.01. The summed E-state index contributed by atoms with van der Waals surface area (Å²) >= 11 is 1.10. The van der Waals surface area contributed by atoms with Crippen LogP contribution in [0.4, 0.5) is 5.69 Å². The van der Waals surface area contributed by atoms with Crippen LogP contribution < -0.4 is 4.74 Å². The monoisotopic (exact) mass is 412 g/mol. The van der Waals surface area contributed by atoms with Gasteiger partial charge >= 0.3 is 5.97 Å². The predicted molar refractivity (Wildman–Crippen MR) is 108 cm³/mol. The molecule has 3 aromatic rings. The highest BCUT2D eigenvalue weighted by Crippen LogP contribution is 2.34. The maximum Gasteiger partial charge on any atom is 0.343 e. The van der Waals surface area contributed by atoms with Crippen molar-refractivity contribution in [2.45, 2.75) is 36.2 Å². The number of nitrogens with zero attached hydrogens (tertiary/aromatic N) is 4. The fraction of sp³-hybridized carbons (Fsp3) is 0.250. The number of nitro benzene ring substituents is 1. The van der Waals surface area contributed by atoms with Gasteiger partial charge in [-0.25, -0.2) is 4.79 Å². The molecule has 0 saturated heterocycles. The van der Waals surface area contributed by atoms with Gasteiger partial charge in [-0.05, 0) is 53.9 Å². The first kappa shape index (κ1) is 20.5. The summed E-state index contributed by atoms with van der Waals surface area (Å²) in [6.45, 7) is 4.23. The van der Waals surface area contributed by atoms with Gasteiger partial charge in [0.2, 0.25) is 0 Å². The average molecular weight is 412 g/mol. The summed E-state index contributed by atoms with van der Waals surface area (Å²) in [5.74, 6) is 0.156. The fourth-order valence-electron chi connectivity index (χ4n) is 2.60. The van der Waals surface area contributed by atoms with Crippen LogP contribution in [0.1, 0.15) is 42.1 Å². The van der Waals surface area contributed by atoms with Gasteiger partial charge in [-0.3, -0.25) is 10.1 Å². The molecule has 0 aliphatic heterocycles. The number of carbonyl (C=O) groups excluding carboxylic acids is 1. The van der Waals surface area contributed by atoms with Gasteiger partial charge in [0.05, 0.1) is 15.4 Å². The number of rotatable bonds is 7. The highest BCUT2D eigenvalue weighted by molar-refractivity contribution is 7.99. The lowest BCUT2D eigenvalue weighted by atomic mass is 9.99. The van der Waals surface area contributed by atoms with Crippen molar-refractivity contribution in [2.24, 2.45) is 7.05 Å². The average Bonchev–Trinajstić information content (AvgIpc) is 3.12. The maximum atomic E-state index is 12.5. The quantitative estimate of drug-likeness (QED) is 0.242. The Morgan fingerprint density at radius 2 is 2.00 bits per heavy atom. The van der Waals surface area contributed by atoms with Crippen LogP contribution >= 0.6 is 11.8 Å². The van der Waals surface area contributed by atoms with Crippen LogP contribution in [0.2, 0.25) is 0 Å². The van der Waals surface area contributed by atoms with E-state index in [-0.39, 0.29) is 11.3 Å². The summed E-state index contributed by atoms with van der Waals surface area (Å²) < 4.78 is 7.03. The maximum absolute atomic E-state index is 12.5. The second kappa shape index (κ2) is 8.87. The van der Waals surface area contributed by atoms with E-state index in [1.54, 1.807) is 23.7 Å². The molecule has 0 spiro atoms. The number of nitro groups is 1. The second-order valence-corrected chi connectivity index (χ2v) is 7.54. The van der Waals surface area contributed by atoms with Crippen molar-refractivity contribution in [1.29, 1.82) is 0 Å². The molecule has 1 heterocycles. The summed E-state index contributed by atoms with van der Waals surface area (Å²) in [5.41, 5.74) is 1.07. The van der Waals surface area contributed by atoms with E-state index in [0.29, 0.717) is 21.7 Å². The molecule has 0 amide bonds. The van der Waals surface area contributed by atoms with E-state index in [9.17, 15) is 14.9 Å². The normalized spacial score (nSPS) is 11.8. The first-order valence-corrected chi connectivity index (χ1v) is 9.83. The molecule has 9 heteroatoms. The summed E-state index contributed by atoms with van der Waals surface area (Å²) in [5, 5.41) is 19.7. The molecule has 0 aliphatic rings. The van der Waals surface area contributed by atoms with E-state index in [1.165, 1.54) is 24.5 Å². The number of hydrogen-bond acceptors (Lipinski definition) is 7. The van der Waals surface area contributed by atoms with E-state index < -0.39 is 10.9 Å². The molecule has 0 fully saturated rings. The molecule has 3 rings (SSSR count). The van der Waals surface area contributed by atoms with Crippen LogP contribution in [0.5, 0.6) is 5.75 Å². The Morgan fingerprint density at radius 1 is 1.28 bits per heavy atom. The summed E-state index contributed by atoms with van der Waals surface area (Å²) in [4.78, 5) is 23.8. The molecular formula is C20H20N4O4S. The molecular weight excluding hydrogens is 392 g/mol. The number of aromatic nitrogens is 3. The molecule has 29 heavy (non-hydrogen) atoms. The van der Waals surface area contributed by atoms with Gasteiger partial charge < -0.3 is 9.30 Å². The van der Waals surface area contributed by atoms with Gasteiger partial charge in [0, 0.05) is 13.1 Å². The lowest BCUT2D eigenvalue weighted by Crippen LogP contribution is -2.09. The Balaban J connectivity index is 1.79. The second-order valence-electron chi connectivity index (χ2n) is 6.53. The van der Waals surface area contributed by atoms with Crippen molar-refractivity contribution in [1.82, 2.24) is 14.8 Å². The molecule has 0 aliphatic carbocycles. The van der Waals surface area contributed by atoms with Gasteiger partial charge in [-0.1, -0.05) is 26.0 Å². The molecule has 2 aromatic carbocycles. The highest BCUT2D eigenvalue weighted by Gasteiger charge is 2.21. The SMILES string of the molecule is CC[C@@H](C)c1ccc(OC(=O)c2ccc(Sc3nncn3C)c([N+](=O)[O-])c2)cc1. The third-order valence-electron chi connectivity index (χ3n) is 4.53. The summed E-state index contributed by atoms with van der Waals surface area (Å²) in [7, 11) is 1.74. The van der Waals surface area contributed by atoms with E-state index in [1.807, 2.05) is 12.1 Å². The standard InChI is InChI=1S/C20H20N4O4S/c1-4-13(2)14-5-8-16(9-6-14)28-19(25)15-7-10-18(17(11-15)24(26)27)29-20-22-21-12-23(20)3/h5-13H,4H2,1-3H3/t13-/m1/s1. The molecule has 0 bridgehead atoms. The third kappa shape index (κ3) is 4.80. The van der Waals surface area contributed by atoms with Crippen molar-refractivity contribution >= 4 is 23.4 Å². The molecule has 1 atom stereocenters. The zero-order valence-electron chi connectivity index (χ0n) is 16.2. The fourth-order valence-corrected chi connectivity index (χ4v) is 3.45. The van der Waals surface area contributed by atoms with E-state index >= 15 is 0 Å². The van der Waals surface area contributed by atoms with E-state index in [2.05, 4.69) is 24.0 Å². The molecule has 0 unspecified atom stereocenters. The lowest BCUT2D eigenvalue weighted by Gasteiger charge is -2.10. The summed E-state index contributed by atoms with van der Waals surface area (Å²) in [6.07, 6.45) is 2.52. The Hall–Kier alpha value is -3.20. The topological polar surface area (TPSA) is 100 Å². The van der Waals surface area contributed by atoms with Crippen molar-refractivity contribution in [3.8, 4) is 5.75 Å². The van der Waals surface area contributed by atoms with E-state index in [4.69, 9.17) is 4.74 Å². The van der Waals surface area contributed by atoms with Crippen LogP contribution in [0, 0.1) is 10.1 Å². The highest BCUT2D eigenvalue weighted by atomic mass is 32.2. The van der Waals surface area contributed by atoms with Crippen molar-refractivity contribution in [3.05, 3.63) is 70.0 Å². The minimum absolute atomic E-state index is 0.102. The van der Waals surface area contributed by atoms with E-state index in [0.717, 1.165) is 23.7 Å². The van der Waals surface area contributed by atoms with Crippen LogP contribution in [0.25, 0.3) is 0 Å². The number of hydrogen-bond donors (Lipinski definition) is 0. The lowest BCUT2D eigenvalue weighted by molar-refractivity contribution is -0.387. The Bertz CT molecular complexity index is 1030. The third-order valence-corrected chi connectivity index (χ3v) is 5.65. The minimum atomic E-state index is -0.653. The van der Waals surface area contributed by atoms with Crippen LogP contribution in [0.3, 0.4) is 0 Å². The van der Waals surface area contributed by atoms with Crippen LogP contribution in [-0.4, -0.2) is 25.7 Å². The Kier molecular flexibility index (Phi) is 6.28. The first-order chi connectivity index (χ1) is 13.9. The number of ether oxygens (including phenoxy) is 1. The van der Waals surface area contributed by atoms with Gasteiger partial charge in [-0.15, -0.1) is 10.2 Å². The molecule has 1 aromatic heterocycles. The van der Waals surface area contributed by atoms with Gasteiger partial charge in [0.15, 0.2) is 5.16 Å². The number of esters is 1. The van der Waals surface area contributed by atoms with Crippen molar-refractivity contribution in [3.63, 3.8) is 0 Å².